The van der Waals surface area contributed by atoms with Gasteiger partial charge in [-0.3, -0.25) is 9.59 Å². The van der Waals surface area contributed by atoms with Crippen LogP contribution in [0, 0.1) is 0 Å². The summed E-state index contributed by atoms with van der Waals surface area (Å²) in [5.41, 5.74) is 1.72. The lowest BCUT2D eigenvalue weighted by Gasteiger charge is -2.38. The normalized spacial score (nSPS) is 20.9. The van der Waals surface area contributed by atoms with Gasteiger partial charge in [-0.05, 0) is 25.1 Å². The van der Waals surface area contributed by atoms with Crippen molar-refractivity contribution in [3.63, 3.8) is 0 Å². The fourth-order valence-corrected chi connectivity index (χ4v) is 3.10. The summed E-state index contributed by atoms with van der Waals surface area (Å²) in [6.07, 6.45) is -0.263. The molecule has 1 N–H and O–H groups in total. The second-order valence-electron chi connectivity index (χ2n) is 5.99. The second-order valence-corrected chi connectivity index (χ2v) is 6.40. The second kappa shape index (κ2) is 6.79. The van der Waals surface area contributed by atoms with Crippen molar-refractivity contribution in [2.45, 2.75) is 26.0 Å². The fourth-order valence-electron chi connectivity index (χ4n) is 2.84. The topological polar surface area (TPSA) is 62.4 Å². The lowest BCUT2D eigenvalue weighted by atomic mass is 10.1. The van der Waals surface area contributed by atoms with E-state index < -0.39 is 0 Å². The zero-order valence-electron chi connectivity index (χ0n) is 13.6. The van der Waals surface area contributed by atoms with Gasteiger partial charge in [0, 0.05) is 17.5 Å². The third kappa shape index (κ3) is 3.23. The first-order valence-electron chi connectivity index (χ1n) is 7.84. The van der Waals surface area contributed by atoms with E-state index in [0.29, 0.717) is 29.6 Å². The van der Waals surface area contributed by atoms with E-state index in [0.717, 1.165) is 5.56 Å². The summed E-state index contributed by atoms with van der Waals surface area (Å²) in [6.45, 7) is 4.25. The third-order valence-corrected chi connectivity index (χ3v) is 4.59. The van der Waals surface area contributed by atoms with E-state index in [1.54, 1.807) is 17.0 Å². The van der Waals surface area contributed by atoms with Gasteiger partial charge in [0.15, 0.2) is 5.78 Å². The minimum Gasteiger partial charge on any atom is -0.369 e. The van der Waals surface area contributed by atoms with Crippen LogP contribution >= 0.6 is 11.6 Å². The maximum atomic E-state index is 12.8. The number of nitrogens with one attached hydrogen (secondary N) is 1. The maximum absolute atomic E-state index is 12.8. The molecule has 2 aromatic rings. The molecule has 1 fully saturated rings. The number of ether oxygens (including phenoxy) is 1. The number of rotatable bonds is 3. The lowest BCUT2D eigenvalue weighted by molar-refractivity contribution is -0.0487. The van der Waals surface area contributed by atoms with Crippen LogP contribution in [-0.2, 0) is 4.74 Å². The smallest absolute Gasteiger partial charge is 0.270 e. The SMILES string of the molecule is CC(=O)c1ccc(C(=O)N2CC(c3ccccc3Cl)OCC2C)[nH]1. The van der Waals surface area contributed by atoms with Gasteiger partial charge in [0.2, 0.25) is 0 Å². The molecular formula is C18H19ClN2O3. The molecule has 0 aliphatic carbocycles. The van der Waals surface area contributed by atoms with E-state index in [9.17, 15) is 9.59 Å². The molecule has 2 heterocycles. The molecule has 126 valence electrons. The number of Topliss-reactive ketones (excluding diaryl/α,β-unsaturated/α-hetero) is 1. The van der Waals surface area contributed by atoms with Gasteiger partial charge in [-0.1, -0.05) is 29.8 Å². The number of hydrogen-bond acceptors (Lipinski definition) is 3. The summed E-state index contributed by atoms with van der Waals surface area (Å²) in [7, 11) is 0. The standard InChI is InChI=1S/C18H19ClN2O3/c1-11-10-24-17(13-5-3-4-6-14(13)19)9-21(11)18(23)16-8-7-15(20-16)12(2)22/h3-8,11,17,20H,9-10H2,1-2H3. The molecule has 0 radical (unpaired) electrons. The first kappa shape index (κ1) is 16.7. The molecule has 1 amide bonds. The highest BCUT2D eigenvalue weighted by Crippen LogP contribution is 2.30. The van der Waals surface area contributed by atoms with Crippen molar-refractivity contribution in [3.8, 4) is 0 Å². The molecule has 0 spiro atoms. The largest absolute Gasteiger partial charge is 0.369 e. The van der Waals surface area contributed by atoms with Gasteiger partial charge >= 0.3 is 0 Å². The number of aromatic nitrogens is 1. The van der Waals surface area contributed by atoms with Gasteiger partial charge in [-0.2, -0.15) is 0 Å². The molecule has 2 atom stereocenters. The number of ketones is 1. The summed E-state index contributed by atoms with van der Waals surface area (Å²) < 4.78 is 5.87. The molecule has 1 aromatic carbocycles. The Morgan fingerprint density at radius 3 is 2.58 bits per heavy atom. The first-order chi connectivity index (χ1) is 11.5. The molecule has 1 aliphatic heterocycles. The van der Waals surface area contributed by atoms with Crippen molar-refractivity contribution in [2.75, 3.05) is 13.2 Å². The van der Waals surface area contributed by atoms with Gasteiger partial charge < -0.3 is 14.6 Å². The van der Waals surface area contributed by atoms with Gasteiger partial charge in [-0.25, -0.2) is 0 Å². The van der Waals surface area contributed by atoms with Crippen LogP contribution in [0.1, 0.15) is 46.5 Å². The van der Waals surface area contributed by atoms with Crippen molar-refractivity contribution < 1.29 is 14.3 Å². The summed E-state index contributed by atoms with van der Waals surface area (Å²) in [5, 5.41) is 0.628. The minimum absolute atomic E-state index is 0.0553. The number of carbonyl (C=O) groups excluding carboxylic acids is 2. The lowest BCUT2D eigenvalue weighted by Crippen LogP contribution is -2.48. The Labute approximate surface area is 145 Å². The van der Waals surface area contributed by atoms with E-state index >= 15 is 0 Å². The molecule has 24 heavy (non-hydrogen) atoms. The number of nitrogens with zero attached hydrogens (tertiary/aromatic N) is 1. The van der Waals surface area contributed by atoms with Crippen molar-refractivity contribution in [1.82, 2.24) is 9.88 Å². The van der Waals surface area contributed by atoms with Crippen LogP contribution in [0.15, 0.2) is 36.4 Å². The Morgan fingerprint density at radius 1 is 1.21 bits per heavy atom. The zero-order valence-corrected chi connectivity index (χ0v) is 14.3. The Balaban J connectivity index is 1.82. The van der Waals surface area contributed by atoms with E-state index in [-0.39, 0.29) is 23.8 Å². The summed E-state index contributed by atoms with van der Waals surface area (Å²) in [6, 6.07) is 10.7. The average molecular weight is 347 g/mol. The predicted octanol–water partition coefficient (Wildman–Crippen LogP) is 3.47. The van der Waals surface area contributed by atoms with Gasteiger partial charge in [-0.15, -0.1) is 0 Å². The summed E-state index contributed by atoms with van der Waals surface area (Å²) in [4.78, 5) is 28.9. The van der Waals surface area contributed by atoms with E-state index in [4.69, 9.17) is 16.3 Å². The van der Waals surface area contributed by atoms with E-state index in [1.165, 1.54) is 6.92 Å². The molecule has 2 unspecified atom stereocenters. The van der Waals surface area contributed by atoms with Crippen LogP contribution in [0.5, 0.6) is 0 Å². The number of amides is 1. The molecular weight excluding hydrogens is 328 g/mol. The molecule has 1 saturated heterocycles. The van der Waals surface area contributed by atoms with Crippen LogP contribution in [0.2, 0.25) is 5.02 Å². The third-order valence-electron chi connectivity index (χ3n) is 4.24. The van der Waals surface area contributed by atoms with Crippen molar-refractivity contribution in [2.24, 2.45) is 0 Å². The van der Waals surface area contributed by atoms with Crippen LogP contribution in [0.25, 0.3) is 0 Å². The highest BCUT2D eigenvalue weighted by atomic mass is 35.5. The highest BCUT2D eigenvalue weighted by molar-refractivity contribution is 6.31. The van der Waals surface area contributed by atoms with Gasteiger partial charge in [0.25, 0.3) is 5.91 Å². The Hall–Kier alpha value is -2.11. The minimum atomic E-state index is -0.263. The van der Waals surface area contributed by atoms with Crippen LogP contribution in [-0.4, -0.2) is 40.8 Å². The molecule has 1 aromatic heterocycles. The Morgan fingerprint density at radius 2 is 1.92 bits per heavy atom. The number of halogens is 1. The quantitative estimate of drug-likeness (QED) is 0.865. The molecule has 5 nitrogen and oxygen atoms in total. The number of hydrogen-bond donors (Lipinski definition) is 1. The number of benzene rings is 1. The average Bonchev–Trinajstić information content (AvgIpc) is 3.06. The summed E-state index contributed by atoms with van der Waals surface area (Å²) in [5.74, 6) is -0.242. The van der Waals surface area contributed by atoms with Gasteiger partial charge in [0.05, 0.1) is 24.9 Å². The summed E-state index contributed by atoms with van der Waals surface area (Å²) >= 11 is 6.25. The maximum Gasteiger partial charge on any atom is 0.270 e. The zero-order chi connectivity index (χ0) is 17.3. The highest BCUT2D eigenvalue weighted by Gasteiger charge is 2.32. The van der Waals surface area contributed by atoms with Crippen molar-refractivity contribution in [1.29, 1.82) is 0 Å². The molecule has 0 bridgehead atoms. The molecule has 3 rings (SSSR count). The van der Waals surface area contributed by atoms with Crippen LogP contribution in [0.3, 0.4) is 0 Å². The number of H-pyrrole nitrogens is 1. The Kier molecular flexibility index (Phi) is 4.73. The molecule has 1 aliphatic rings. The monoisotopic (exact) mass is 346 g/mol. The van der Waals surface area contributed by atoms with Gasteiger partial charge in [0.1, 0.15) is 11.8 Å². The number of aromatic amines is 1. The number of morpholine rings is 1. The first-order valence-corrected chi connectivity index (χ1v) is 8.22. The van der Waals surface area contributed by atoms with Crippen molar-refractivity contribution in [3.05, 3.63) is 58.4 Å². The fraction of sp³-hybridized carbons (Fsp3) is 0.333. The molecule has 6 heteroatoms. The van der Waals surface area contributed by atoms with Crippen molar-refractivity contribution >= 4 is 23.3 Å². The van der Waals surface area contributed by atoms with E-state index in [1.807, 2.05) is 31.2 Å². The van der Waals surface area contributed by atoms with Crippen LogP contribution in [0.4, 0.5) is 0 Å². The number of carbonyl (C=O) groups is 2. The van der Waals surface area contributed by atoms with Crippen LogP contribution < -0.4 is 0 Å². The Bertz CT molecular complexity index is 771. The molecule has 0 saturated carbocycles. The van der Waals surface area contributed by atoms with E-state index in [2.05, 4.69) is 4.98 Å². The predicted molar refractivity (Wildman–Crippen MR) is 91.4 cm³/mol.